The van der Waals surface area contributed by atoms with E-state index in [9.17, 15) is 4.79 Å². The summed E-state index contributed by atoms with van der Waals surface area (Å²) < 4.78 is 1.98. The lowest BCUT2D eigenvalue weighted by Crippen LogP contribution is -2.26. The first-order valence-electron chi connectivity index (χ1n) is 8.95. The monoisotopic (exact) mass is 391 g/mol. The first kappa shape index (κ1) is 18.1. The number of halogens is 1. The van der Waals surface area contributed by atoms with Gasteiger partial charge in [-0.25, -0.2) is 9.97 Å². The number of hydrogen-bond donors (Lipinski definition) is 1. The summed E-state index contributed by atoms with van der Waals surface area (Å²) in [6.07, 6.45) is 9.72. The van der Waals surface area contributed by atoms with E-state index in [2.05, 4.69) is 20.3 Å². The van der Waals surface area contributed by atoms with Crippen LogP contribution in [0.3, 0.4) is 0 Å². The quantitative estimate of drug-likeness (QED) is 0.505. The Kier molecular flexibility index (Phi) is 5.30. The number of hydrogen-bond acceptors (Lipinski definition) is 4. The lowest BCUT2D eigenvalue weighted by atomic mass is 10.0. The molecule has 0 bridgehead atoms. The SMILES string of the molecule is O=C(NCCCn1ccnc1)c1ccc2cncc(-c3ccc(Cl)cc3)c2n1. The zero-order chi connectivity index (χ0) is 19.3. The Labute approximate surface area is 167 Å². The van der Waals surface area contributed by atoms with Gasteiger partial charge < -0.3 is 9.88 Å². The third-order valence-electron chi connectivity index (χ3n) is 4.42. The molecule has 7 heteroatoms. The number of pyridine rings is 2. The van der Waals surface area contributed by atoms with E-state index in [0.717, 1.165) is 35.0 Å². The van der Waals surface area contributed by atoms with Crippen LogP contribution >= 0.6 is 11.6 Å². The predicted octanol–water partition coefficient (Wildman–Crippen LogP) is 3.97. The first-order chi connectivity index (χ1) is 13.7. The number of nitrogens with one attached hydrogen (secondary N) is 1. The molecule has 140 valence electrons. The van der Waals surface area contributed by atoms with E-state index < -0.39 is 0 Å². The van der Waals surface area contributed by atoms with Crippen molar-refractivity contribution in [3.63, 3.8) is 0 Å². The largest absolute Gasteiger partial charge is 0.351 e. The molecule has 0 radical (unpaired) electrons. The summed E-state index contributed by atoms with van der Waals surface area (Å²) in [6.45, 7) is 1.37. The van der Waals surface area contributed by atoms with Crippen molar-refractivity contribution in [1.82, 2.24) is 24.8 Å². The van der Waals surface area contributed by atoms with E-state index in [0.29, 0.717) is 17.3 Å². The average Bonchev–Trinajstić information content (AvgIpc) is 3.24. The van der Waals surface area contributed by atoms with Gasteiger partial charge in [0.25, 0.3) is 5.91 Å². The smallest absolute Gasteiger partial charge is 0.269 e. The number of amides is 1. The molecule has 0 atom stereocenters. The maximum absolute atomic E-state index is 12.5. The Bertz CT molecular complexity index is 1090. The van der Waals surface area contributed by atoms with Crippen molar-refractivity contribution in [1.29, 1.82) is 0 Å². The van der Waals surface area contributed by atoms with Gasteiger partial charge in [0, 0.05) is 53.8 Å². The number of aromatic nitrogens is 4. The van der Waals surface area contributed by atoms with Crippen molar-refractivity contribution in [2.45, 2.75) is 13.0 Å². The average molecular weight is 392 g/mol. The molecule has 4 rings (SSSR count). The molecule has 0 aliphatic rings. The van der Waals surface area contributed by atoms with E-state index in [4.69, 9.17) is 11.6 Å². The zero-order valence-electron chi connectivity index (χ0n) is 15.0. The van der Waals surface area contributed by atoms with Crippen LogP contribution in [0.5, 0.6) is 0 Å². The number of imidazole rings is 1. The van der Waals surface area contributed by atoms with Gasteiger partial charge in [0.15, 0.2) is 0 Å². The molecule has 4 aromatic rings. The van der Waals surface area contributed by atoms with Crippen LogP contribution in [0.1, 0.15) is 16.9 Å². The van der Waals surface area contributed by atoms with Crippen LogP contribution in [-0.4, -0.2) is 32.0 Å². The molecule has 1 aromatic carbocycles. The molecule has 0 saturated carbocycles. The Morgan fingerprint density at radius 2 is 1.93 bits per heavy atom. The molecule has 0 saturated heterocycles. The highest BCUT2D eigenvalue weighted by Gasteiger charge is 2.11. The van der Waals surface area contributed by atoms with E-state index in [1.807, 2.05) is 41.1 Å². The lowest BCUT2D eigenvalue weighted by Gasteiger charge is -2.09. The molecule has 28 heavy (non-hydrogen) atoms. The summed E-state index contributed by atoms with van der Waals surface area (Å²) in [5.41, 5.74) is 2.94. The van der Waals surface area contributed by atoms with Gasteiger partial charge in [-0.2, -0.15) is 0 Å². The molecule has 0 aliphatic heterocycles. The Morgan fingerprint density at radius 3 is 2.71 bits per heavy atom. The summed E-state index contributed by atoms with van der Waals surface area (Å²) in [7, 11) is 0. The van der Waals surface area contributed by atoms with Gasteiger partial charge in [-0.05, 0) is 36.2 Å². The molecule has 0 aliphatic carbocycles. The molecule has 1 N–H and O–H groups in total. The number of fused-ring (bicyclic) bond motifs is 1. The fourth-order valence-corrected chi connectivity index (χ4v) is 3.11. The second-order valence-electron chi connectivity index (χ2n) is 6.37. The van der Waals surface area contributed by atoms with E-state index in [1.54, 1.807) is 31.0 Å². The highest BCUT2D eigenvalue weighted by Crippen LogP contribution is 2.27. The minimum absolute atomic E-state index is 0.189. The number of benzene rings is 1. The van der Waals surface area contributed by atoms with Gasteiger partial charge >= 0.3 is 0 Å². The van der Waals surface area contributed by atoms with Crippen LogP contribution in [0.4, 0.5) is 0 Å². The van der Waals surface area contributed by atoms with E-state index in [-0.39, 0.29) is 5.91 Å². The standard InChI is InChI=1S/C21H18ClN5O/c22-17-5-2-15(3-6-17)18-13-24-12-16-4-7-19(26-20(16)18)21(28)25-8-1-10-27-11-9-23-14-27/h2-7,9,11-14H,1,8,10H2,(H,25,28). The minimum atomic E-state index is -0.189. The van der Waals surface area contributed by atoms with Crippen molar-refractivity contribution in [2.75, 3.05) is 6.54 Å². The summed E-state index contributed by atoms with van der Waals surface area (Å²) in [6, 6.07) is 11.1. The number of aryl methyl sites for hydroxylation is 1. The van der Waals surface area contributed by atoms with Crippen LogP contribution in [0.15, 0.2) is 67.5 Å². The summed E-state index contributed by atoms with van der Waals surface area (Å²) in [5, 5.41) is 4.47. The Balaban J connectivity index is 1.52. The number of rotatable bonds is 6. The molecular weight excluding hydrogens is 374 g/mol. The third kappa shape index (κ3) is 4.02. The molecule has 3 heterocycles. The molecule has 0 unspecified atom stereocenters. The van der Waals surface area contributed by atoms with Crippen LogP contribution in [0, 0.1) is 0 Å². The van der Waals surface area contributed by atoms with Gasteiger partial charge in [-0.3, -0.25) is 9.78 Å². The van der Waals surface area contributed by atoms with Crippen LogP contribution in [0.25, 0.3) is 22.0 Å². The second kappa shape index (κ2) is 8.19. The fourth-order valence-electron chi connectivity index (χ4n) is 2.98. The van der Waals surface area contributed by atoms with Crippen molar-refractivity contribution in [3.8, 4) is 11.1 Å². The molecule has 1 amide bonds. The molecule has 6 nitrogen and oxygen atoms in total. The van der Waals surface area contributed by atoms with Crippen LogP contribution in [-0.2, 0) is 6.54 Å². The highest BCUT2D eigenvalue weighted by atomic mass is 35.5. The van der Waals surface area contributed by atoms with E-state index in [1.165, 1.54) is 0 Å². The van der Waals surface area contributed by atoms with Gasteiger partial charge in [0.2, 0.25) is 0 Å². The number of carbonyl (C=O) groups is 1. The summed E-state index contributed by atoms with van der Waals surface area (Å²) in [5.74, 6) is -0.189. The summed E-state index contributed by atoms with van der Waals surface area (Å²) in [4.78, 5) is 25.4. The topological polar surface area (TPSA) is 72.7 Å². The van der Waals surface area contributed by atoms with Gasteiger partial charge in [0.1, 0.15) is 5.69 Å². The van der Waals surface area contributed by atoms with Crippen molar-refractivity contribution >= 4 is 28.4 Å². The maximum atomic E-state index is 12.5. The number of nitrogens with zero attached hydrogens (tertiary/aromatic N) is 4. The van der Waals surface area contributed by atoms with Crippen molar-refractivity contribution < 1.29 is 4.79 Å². The first-order valence-corrected chi connectivity index (χ1v) is 9.33. The predicted molar refractivity (Wildman–Crippen MR) is 109 cm³/mol. The van der Waals surface area contributed by atoms with Gasteiger partial charge in [0.05, 0.1) is 11.8 Å². The summed E-state index contributed by atoms with van der Waals surface area (Å²) >= 11 is 5.99. The fraction of sp³-hybridized carbons (Fsp3) is 0.143. The minimum Gasteiger partial charge on any atom is -0.351 e. The van der Waals surface area contributed by atoms with Crippen LogP contribution < -0.4 is 5.32 Å². The molecule has 0 fully saturated rings. The highest BCUT2D eigenvalue weighted by molar-refractivity contribution is 6.30. The van der Waals surface area contributed by atoms with Gasteiger partial charge in [-0.1, -0.05) is 23.7 Å². The molecule has 0 spiro atoms. The maximum Gasteiger partial charge on any atom is 0.269 e. The van der Waals surface area contributed by atoms with Gasteiger partial charge in [-0.15, -0.1) is 0 Å². The Hall–Kier alpha value is -3.25. The van der Waals surface area contributed by atoms with Crippen molar-refractivity contribution in [3.05, 3.63) is 78.2 Å². The zero-order valence-corrected chi connectivity index (χ0v) is 15.8. The molecular formula is C21H18ClN5O. The number of carbonyl (C=O) groups excluding carboxylic acids is 1. The second-order valence-corrected chi connectivity index (χ2v) is 6.81. The Morgan fingerprint density at radius 1 is 1.07 bits per heavy atom. The normalized spacial score (nSPS) is 10.9. The van der Waals surface area contributed by atoms with E-state index >= 15 is 0 Å². The van der Waals surface area contributed by atoms with Crippen LogP contribution in [0.2, 0.25) is 5.02 Å². The third-order valence-corrected chi connectivity index (χ3v) is 4.68. The lowest BCUT2D eigenvalue weighted by molar-refractivity contribution is 0.0948. The van der Waals surface area contributed by atoms with Crippen molar-refractivity contribution in [2.24, 2.45) is 0 Å². The molecule has 3 aromatic heterocycles.